The fraction of sp³-hybridized carbons (Fsp3) is 0.421. The lowest BCUT2D eigenvalue weighted by molar-refractivity contribution is -0.118. The molecule has 0 aliphatic carbocycles. The molecular weight excluding hydrogens is 406 g/mol. The lowest BCUT2D eigenvalue weighted by Crippen LogP contribution is -2.29. The molecule has 4 rings (SSSR count). The molecule has 0 radical (unpaired) electrons. The number of anilines is 1. The molecule has 0 aromatic carbocycles. The maximum atomic E-state index is 12.1. The van der Waals surface area contributed by atoms with Gasteiger partial charge in [-0.1, -0.05) is 11.8 Å². The second-order valence-corrected chi connectivity index (χ2v) is 8.48. The maximum absolute atomic E-state index is 12.1. The minimum Gasteiger partial charge on any atom is -0.356 e. The standard InChI is InChI=1S/C19H23N7OS2/c1-28-19-23-17(25-9-2-3-10-25)15-12-22-26(18(15)24-19)11-8-21-16(27)13-29-14-4-6-20-7-5-14/h4-7,12H,2-3,8-11,13H2,1H3,(H,21,27). The molecule has 10 heteroatoms. The largest absolute Gasteiger partial charge is 0.356 e. The van der Waals surface area contributed by atoms with Crippen LogP contribution in [0, 0.1) is 0 Å². The first-order valence-electron chi connectivity index (χ1n) is 9.56. The number of nitrogens with zero attached hydrogens (tertiary/aromatic N) is 6. The smallest absolute Gasteiger partial charge is 0.230 e. The van der Waals surface area contributed by atoms with Crippen LogP contribution in [0.4, 0.5) is 5.82 Å². The average Bonchev–Trinajstić information content (AvgIpc) is 3.43. The highest BCUT2D eigenvalue weighted by Gasteiger charge is 2.20. The molecule has 0 saturated carbocycles. The van der Waals surface area contributed by atoms with Crippen LogP contribution in [0.5, 0.6) is 0 Å². The first kappa shape index (κ1) is 20.0. The van der Waals surface area contributed by atoms with Crippen LogP contribution in [-0.4, -0.2) is 62.3 Å². The quantitative estimate of drug-likeness (QED) is 0.431. The van der Waals surface area contributed by atoms with Gasteiger partial charge in [-0.15, -0.1) is 11.8 Å². The zero-order valence-electron chi connectivity index (χ0n) is 16.2. The minimum absolute atomic E-state index is 0.000424. The van der Waals surface area contributed by atoms with E-state index < -0.39 is 0 Å². The van der Waals surface area contributed by atoms with Crippen LogP contribution >= 0.6 is 23.5 Å². The number of rotatable bonds is 8. The van der Waals surface area contributed by atoms with Crippen molar-refractivity contribution in [2.24, 2.45) is 0 Å². The number of hydrogen-bond acceptors (Lipinski definition) is 8. The van der Waals surface area contributed by atoms with E-state index in [-0.39, 0.29) is 5.91 Å². The molecule has 0 spiro atoms. The van der Waals surface area contributed by atoms with E-state index >= 15 is 0 Å². The summed E-state index contributed by atoms with van der Waals surface area (Å²) in [6, 6.07) is 3.80. The number of amides is 1. The second kappa shape index (κ2) is 9.45. The van der Waals surface area contributed by atoms with E-state index in [0.29, 0.717) is 18.8 Å². The maximum Gasteiger partial charge on any atom is 0.230 e. The van der Waals surface area contributed by atoms with Gasteiger partial charge in [-0.25, -0.2) is 14.6 Å². The fourth-order valence-electron chi connectivity index (χ4n) is 3.28. The van der Waals surface area contributed by atoms with Crippen molar-refractivity contribution in [1.29, 1.82) is 0 Å². The Morgan fingerprint density at radius 1 is 1.21 bits per heavy atom. The van der Waals surface area contributed by atoms with Gasteiger partial charge in [-0.3, -0.25) is 9.78 Å². The Hall–Kier alpha value is -2.33. The van der Waals surface area contributed by atoms with Crippen molar-refractivity contribution in [3.63, 3.8) is 0 Å². The number of nitrogens with one attached hydrogen (secondary N) is 1. The molecule has 0 unspecified atom stereocenters. The Morgan fingerprint density at radius 2 is 2.00 bits per heavy atom. The summed E-state index contributed by atoms with van der Waals surface area (Å²) in [5.41, 5.74) is 0.826. The van der Waals surface area contributed by atoms with Crippen LogP contribution < -0.4 is 10.2 Å². The topological polar surface area (TPSA) is 88.8 Å². The van der Waals surface area contributed by atoms with E-state index in [0.717, 1.165) is 40.0 Å². The first-order valence-corrected chi connectivity index (χ1v) is 11.8. The van der Waals surface area contributed by atoms with E-state index in [1.165, 1.54) is 36.4 Å². The molecule has 1 N–H and O–H groups in total. The van der Waals surface area contributed by atoms with Gasteiger partial charge in [0.25, 0.3) is 0 Å². The predicted octanol–water partition coefficient (Wildman–Crippen LogP) is 2.45. The zero-order valence-corrected chi connectivity index (χ0v) is 17.9. The summed E-state index contributed by atoms with van der Waals surface area (Å²) in [4.78, 5) is 28.8. The van der Waals surface area contributed by atoms with Gasteiger partial charge in [-0.2, -0.15) is 5.10 Å². The average molecular weight is 430 g/mol. The summed E-state index contributed by atoms with van der Waals surface area (Å²) in [5.74, 6) is 1.35. The van der Waals surface area contributed by atoms with Gasteiger partial charge in [0, 0.05) is 36.9 Å². The number of hydrogen-bond donors (Lipinski definition) is 1. The molecule has 3 aromatic heterocycles. The van der Waals surface area contributed by atoms with Crippen LogP contribution in [-0.2, 0) is 11.3 Å². The number of carbonyl (C=O) groups excluding carboxylic acids is 1. The Kier molecular flexibility index (Phi) is 6.50. The highest BCUT2D eigenvalue weighted by molar-refractivity contribution is 8.00. The Labute approximate surface area is 177 Å². The summed E-state index contributed by atoms with van der Waals surface area (Å²) >= 11 is 3.03. The number of aromatic nitrogens is 5. The Balaban J connectivity index is 1.39. The third kappa shape index (κ3) is 4.81. The van der Waals surface area contributed by atoms with Crippen molar-refractivity contribution in [2.75, 3.05) is 36.5 Å². The Bertz CT molecular complexity index is 973. The second-order valence-electron chi connectivity index (χ2n) is 6.65. The summed E-state index contributed by atoms with van der Waals surface area (Å²) in [6.07, 6.45) is 9.66. The van der Waals surface area contributed by atoms with Gasteiger partial charge in [0.2, 0.25) is 5.91 Å². The number of carbonyl (C=O) groups is 1. The van der Waals surface area contributed by atoms with Crippen LogP contribution in [0.3, 0.4) is 0 Å². The molecule has 1 aliphatic heterocycles. The highest BCUT2D eigenvalue weighted by atomic mass is 32.2. The van der Waals surface area contributed by atoms with E-state index in [4.69, 9.17) is 4.98 Å². The van der Waals surface area contributed by atoms with Crippen LogP contribution in [0.2, 0.25) is 0 Å². The normalized spacial score (nSPS) is 13.9. The summed E-state index contributed by atoms with van der Waals surface area (Å²) in [5, 5.41) is 9.19. The van der Waals surface area contributed by atoms with Gasteiger partial charge < -0.3 is 10.2 Å². The summed E-state index contributed by atoms with van der Waals surface area (Å²) in [6.45, 7) is 3.12. The summed E-state index contributed by atoms with van der Waals surface area (Å²) < 4.78 is 1.85. The van der Waals surface area contributed by atoms with Crippen LogP contribution in [0.1, 0.15) is 12.8 Å². The number of thioether (sulfide) groups is 2. The SMILES string of the molecule is CSc1nc(N2CCCC2)c2cnn(CCNC(=O)CSc3ccncc3)c2n1. The fourth-order valence-corrected chi connectivity index (χ4v) is 4.35. The summed E-state index contributed by atoms with van der Waals surface area (Å²) in [7, 11) is 0. The highest BCUT2D eigenvalue weighted by Crippen LogP contribution is 2.28. The molecule has 152 valence electrons. The van der Waals surface area contributed by atoms with E-state index in [1.807, 2.05) is 29.3 Å². The van der Waals surface area contributed by atoms with Gasteiger partial charge >= 0.3 is 0 Å². The molecule has 0 atom stereocenters. The molecule has 1 fully saturated rings. The first-order chi connectivity index (χ1) is 14.2. The van der Waals surface area contributed by atoms with E-state index in [2.05, 4.69) is 25.3 Å². The monoisotopic (exact) mass is 429 g/mol. The van der Waals surface area contributed by atoms with Crippen LogP contribution in [0.15, 0.2) is 40.8 Å². The lowest BCUT2D eigenvalue weighted by Gasteiger charge is -2.17. The number of fused-ring (bicyclic) bond motifs is 1. The van der Waals surface area contributed by atoms with Crippen molar-refractivity contribution in [3.05, 3.63) is 30.7 Å². The van der Waals surface area contributed by atoms with Gasteiger partial charge in [0.05, 0.1) is 23.9 Å². The van der Waals surface area contributed by atoms with Crippen molar-refractivity contribution in [2.45, 2.75) is 29.4 Å². The molecule has 1 amide bonds. The van der Waals surface area contributed by atoms with E-state index in [9.17, 15) is 4.79 Å². The molecule has 1 saturated heterocycles. The van der Waals surface area contributed by atoms with E-state index in [1.54, 1.807) is 12.4 Å². The van der Waals surface area contributed by atoms with Gasteiger partial charge in [0.15, 0.2) is 10.8 Å². The third-order valence-electron chi connectivity index (χ3n) is 4.71. The zero-order chi connectivity index (χ0) is 20.1. The lowest BCUT2D eigenvalue weighted by atomic mass is 10.3. The van der Waals surface area contributed by atoms with Crippen molar-refractivity contribution in [1.82, 2.24) is 30.0 Å². The van der Waals surface area contributed by atoms with Crippen LogP contribution in [0.25, 0.3) is 11.0 Å². The molecular formula is C19H23N7OS2. The predicted molar refractivity (Wildman–Crippen MR) is 117 cm³/mol. The molecule has 8 nitrogen and oxygen atoms in total. The molecule has 1 aliphatic rings. The van der Waals surface area contributed by atoms with Gasteiger partial charge in [-0.05, 0) is 31.2 Å². The third-order valence-corrected chi connectivity index (χ3v) is 6.27. The van der Waals surface area contributed by atoms with Crippen molar-refractivity contribution < 1.29 is 4.79 Å². The molecule has 0 bridgehead atoms. The van der Waals surface area contributed by atoms with Gasteiger partial charge in [0.1, 0.15) is 5.82 Å². The number of pyridine rings is 1. The molecule has 29 heavy (non-hydrogen) atoms. The Morgan fingerprint density at radius 3 is 2.76 bits per heavy atom. The van der Waals surface area contributed by atoms with Crippen molar-refractivity contribution in [3.8, 4) is 0 Å². The minimum atomic E-state index is 0.000424. The molecule has 3 aromatic rings. The molecule has 4 heterocycles. The van der Waals surface area contributed by atoms with Crippen molar-refractivity contribution >= 4 is 46.3 Å².